The van der Waals surface area contributed by atoms with Gasteiger partial charge in [-0.2, -0.15) is 18.4 Å². The van der Waals surface area contributed by atoms with Gasteiger partial charge in [0.1, 0.15) is 5.15 Å². The molecule has 0 N–H and O–H groups in total. The van der Waals surface area contributed by atoms with Crippen LogP contribution in [0.1, 0.15) is 5.56 Å². The van der Waals surface area contributed by atoms with Gasteiger partial charge in [-0.15, -0.1) is 0 Å². The van der Waals surface area contributed by atoms with Gasteiger partial charge in [-0.25, -0.2) is 4.57 Å². The molecule has 0 aliphatic rings. The smallest absolute Gasteiger partial charge is 0.235 e. The van der Waals surface area contributed by atoms with Crippen LogP contribution in [0, 0.1) is 11.5 Å². The van der Waals surface area contributed by atoms with Gasteiger partial charge in [-0.05, 0) is 23.8 Å². The van der Waals surface area contributed by atoms with Crippen LogP contribution in [0.25, 0.3) is 11.3 Å². The lowest BCUT2D eigenvalue weighted by Gasteiger charge is -2.07. The number of rotatable bonds is 1. The monoisotopic (exact) mass is 304 g/mol. The summed E-state index contributed by atoms with van der Waals surface area (Å²) in [6.45, 7) is 0. The van der Waals surface area contributed by atoms with Crippen LogP contribution in [0.2, 0.25) is 10.2 Å². The maximum atomic E-state index is 12.4. The Morgan fingerprint density at radius 3 is 2.16 bits per heavy atom. The van der Waals surface area contributed by atoms with Crippen LogP contribution in [0.15, 0.2) is 30.3 Å². The van der Waals surface area contributed by atoms with E-state index in [1.165, 1.54) is 18.2 Å². The SMILES string of the molecule is N#Cn1c(-c2ccc(C(F)(F)F)cc2)cc(Cl)c1Cl. The number of alkyl halides is 3. The highest BCUT2D eigenvalue weighted by atomic mass is 35.5. The average molecular weight is 305 g/mol. The van der Waals surface area contributed by atoms with Gasteiger partial charge in [0.05, 0.1) is 16.3 Å². The summed E-state index contributed by atoms with van der Waals surface area (Å²) in [5, 5.41) is 9.14. The first-order valence-corrected chi connectivity index (χ1v) is 5.74. The van der Waals surface area contributed by atoms with Gasteiger partial charge in [0.25, 0.3) is 0 Å². The molecule has 1 heterocycles. The standard InChI is InChI=1S/C12H5Cl2F3N2/c13-9-5-10(19(6-18)11(9)14)7-1-3-8(4-2-7)12(15,16)17/h1-5H. The summed E-state index contributed by atoms with van der Waals surface area (Å²) in [5.41, 5.74) is -0.00178. The highest BCUT2D eigenvalue weighted by Crippen LogP contribution is 2.34. The first kappa shape index (κ1) is 13.8. The Morgan fingerprint density at radius 1 is 1.11 bits per heavy atom. The van der Waals surface area contributed by atoms with Crippen molar-refractivity contribution in [3.05, 3.63) is 46.1 Å². The lowest BCUT2D eigenvalue weighted by atomic mass is 10.1. The van der Waals surface area contributed by atoms with Gasteiger partial charge >= 0.3 is 6.18 Å². The number of benzene rings is 1. The van der Waals surface area contributed by atoms with Crippen molar-refractivity contribution in [3.8, 4) is 17.5 Å². The molecule has 0 amide bonds. The van der Waals surface area contributed by atoms with E-state index in [1.807, 2.05) is 0 Å². The fourth-order valence-electron chi connectivity index (χ4n) is 1.60. The molecular formula is C12H5Cl2F3N2. The van der Waals surface area contributed by atoms with Gasteiger partial charge in [0, 0.05) is 0 Å². The van der Waals surface area contributed by atoms with Gasteiger partial charge in [0.15, 0.2) is 6.19 Å². The quantitative estimate of drug-likeness (QED) is 0.743. The second kappa shape index (κ2) is 4.80. The molecule has 0 atom stereocenters. The number of halogens is 5. The van der Waals surface area contributed by atoms with E-state index < -0.39 is 11.7 Å². The first-order chi connectivity index (χ1) is 8.84. The van der Waals surface area contributed by atoms with E-state index in [-0.39, 0.29) is 10.2 Å². The number of hydrogen-bond acceptors (Lipinski definition) is 1. The minimum Gasteiger partial charge on any atom is -0.235 e. The molecule has 7 heteroatoms. The number of nitriles is 1. The molecule has 98 valence electrons. The first-order valence-electron chi connectivity index (χ1n) is 4.99. The normalized spacial score (nSPS) is 11.4. The molecule has 0 bridgehead atoms. The summed E-state index contributed by atoms with van der Waals surface area (Å²) in [7, 11) is 0. The van der Waals surface area contributed by atoms with E-state index in [4.69, 9.17) is 28.5 Å². The van der Waals surface area contributed by atoms with Crippen LogP contribution in [0.4, 0.5) is 13.2 Å². The predicted octanol–water partition coefficient (Wildman–Crippen LogP) is 4.81. The molecule has 0 unspecified atom stereocenters. The fraction of sp³-hybridized carbons (Fsp3) is 0.0833. The van der Waals surface area contributed by atoms with Crippen molar-refractivity contribution in [2.45, 2.75) is 6.18 Å². The largest absolute Gasteiger partial charge is 0.416 e. The molecule has 0 fully saturated rings. The Hall–Kier alpha value is -1.64. The number of nitrogens with zero attached hydrogens (tertiary/aromatic N) is 2. The molecule has 0 saturated heterocycles. The van der Waals surface area contributed by atoms with Gasteiger partial charge < -0.3 is 0 Å². The topological polar surface area (TPSA) is 28.7 Å². The molecule has 0 radical (unpaired) electrons. The Bertz CT molecular complexity index is 651. The van der Waals surface area contributed by atoms with Crippen molar-refractivity contribution in [1.29, 1.82) is 5.26 Å². The molecule has 2 aromatic rings. The number of hydrogen-bond donors (Lipinski definition) is 0. The molecule has 1 aromatic carbocycles. The van der Waals surface area contributed by atoms with Crippen LogP contribution in [0.3, 0.4) is 0 Å². The van der Waals surface area contributed by atoms with Crippen molar-refractivity contribution < 1.29 is 13.2 Å². The Balaban J connectivity index is 2.50. The zero-order chi connectivity index (χ0) is 14.2. The summed E-state index contributed by atoms with van der Waals surface area (Å²) >= 11 is 11.6. The van der Waals surface area contributed by atoms with Gasteiger partial charge in [-0.3, -0.25) is 0 Å². The highest BCUT2D eigenvalue weighted by molar-refractivity contribution is 6.42. The summed E-state index contributed by atoms with van der Waals surface area (Å²) in [5.74, 6) is 0. The third-order valence-corrected chi connectivity index (χ3v) is 3.26. The van der Waals surface area contributed by atoms with Crippen LogP contribution >= 0.6 is 23.2 Å². The zero-order valence-corrected chi connectivity index (χ0v) is 10.7. The fourth-order valence-corrected chi connectivity index (χ4v) is 1.97. The molecule has 0 aliphatic heterocycles. The second-order valence-electron chi connectivity index (χ2n) is 3.68. The van der Waals surface area contributed by atoms with Crippen LogP contribution in [-0.4, -0.2) is 4.57 Å². The second-order valence-corrected chi connectivity index (χ2v) is 4.44. The third-order valence-electron chi connectivity index (χ3n) is 2.51. The summed E-state index contributed by atoms with van der Waals surface area (Å²) < 4.78 is 38.4. The van der Waals surface area contributed by atoms with Crippen molar-refractivity contribution in [3.63, 3.8) is 0 Å². The predicted molar refractivity (Wildman–Crippen MR) is 65.9 cm³/mol. The van der Waals surface area contributed by atoms with Crippen molar-refractivity contribution in [2.24, 2.45) is 0 Å². The van der Waals surface area contributed by atoms with Gasteiger partial charge in [-0.1, -0.05) is 35.3 Å². The van der Waals surface area contributed by atoms with E-state index in [0.29, 0.717) is 11.3 Å². The lowest BCUT2D eigenvalue weighted by molar-refractivity contribution is -0.137. The summed E-state index contributed by atoms with van der Waals surface area (Å²) in [6.07, 6.45) is -2.59. The third kappa shape index (κ3) is 2.55. The van der Waals surface area contributed by atoms with E-state index in [9.17, 15) is 13.2 Å². The molecule has 0 aliphatic carbocycles. The minimum atomic E-state index is -4.40. The highest BCUT2D eigenvalue weighted by Gasteiger charge is 2.30. The molecule has 2 nitrogen and oxygen atoms in total. The van der Waals surface area contributed by atoms with Crippen molar-refractivity contribution in [2.75, 3.05) is 0 Å². The average Bonchev–Trinajstić information content (AvgIpc) is 2.64. The molecule has 2 rings (SSSR count). The van der Waals surface area contributed by atoms with E-state index in [2.05, 4.69) is 0 Å². The molecule has 1 aromatic heterocycles. The summed E-state index contributed by atoms with van der Waals surface area (Å²) in [4.78, 5) is 0. The van der Waals surface area contributed by atoms with E-state index in [0.717, 1.165) is 16.7 Å². The van der Waals surface area contributed by atoms with Crippen LogP contribution in [0.5, 0.6) is 0 Å². The number of aromatic nitrogens is 1. The zero-order valence-electron chi connectivity index (χ0n) is 9.17. The Kier molecular flexibility index (Phi) is 3.48. The van der Waals surface area contributed by atoms with Crippen molar-refractivity contribution >= 4 is 23.2 Å². The van der Waals surface area contributed by atoms with Crippen LogP contribution < -0.4 is 0 Å². The van der Waals surface area contributed by atoms with Crippen molar-refractivity contribution in [1.82, 2.24) is 4.57 Å². The lowest BCUT2D eigenvalue weighted by Crippen LogP contribution is -2.04. The molecular weight excluding hydrogens is 300 g/mol. The molecule has 0 saturated carbocycles. The Morgan fingerprint density at radius 2 is 1.68 bits per heavy atom. The van der Waals surface area contributed by atoms with E-state index in [1.54, 1.807) is 6.19 Å². The molecule has 19 heavy (non-hydrogen) atoms. The minimum absolute atomic E-state index is 0.0269. The van der Waals surface area contributed by atoms with Gasteiger partial charge in [0.2, 0.25) is 0 Å². The maximum Gasteiger partial charge on any atom is 0.416 e. The molecule has 0 spiro atoms. The summed E-state index contributed by atoms with van der Waals surface area (Å²) in [6, 6.07) is 5.82. The van der Waals surface area contributed by atoms with E-state index >= 15 is 0 Å². The Labute approximate surface area is 116 Å². The van der Waals surface area contributed by atoms with Crippen LogP contribution in [-0.2, 0) is 6.18 Å². The maximum absolute atomic E-state index is 12.4.